The summed E-state index contributed by atoms with van der Waals surface area (Å²) in [4.78, 5) is 10.9. The molecule has 0 atom stereocenters. The fourth-order valence-corrected chi connectivity index (χ4v) is 1.53. The van der Waals surface area contributed by atoms with Crippen LogP contribution in [0.3, 0.4) is 0 Å². The molecule has 2 rings (SSSR count). The van der Waals surface area contributed by atoms with Crippen molar-refractivity contribution in [3.8, 4) is 5.69 Å². The van der Waals surface area contributed by atoms with Gasteiger partial charge in [-0.25, -0.2) is 4.68 Å². The highest BCUT2D eigenvalue weighted by molar-refractivity contribution is 5.77. The molecule has 0 radical (unpaired) electrons. The molecule has 1 aromatic heterocycles. The molecule has 1 aromatic carbocycles. The number of carbonyl (C=O) groups excluding carboxylic acids is 1. The van der Waals surface area contributed by atoms with E-state index in [0.29, 0.717) is 12.1 Å². The van der Waals surface area contributed by atoms with Crippen molar-refractivity contribution >= 4 is 5.78 Å². The van der Waals surface area contributed by atoms with Crippen molar-refractivity contribution in [2.24, 2.45) is 0 Å². The second kappa shape index (κ2) is 4.26. The Hall–Kier alpha value is -1.97. The van der Waals surface area contributed by atoms with Gasteiger partial charge in [0.05, 0.1) is 24.0 Å². The summed E-state index contributed by atoms with van der Waals surface area (Å²) >= 11 is 0. The standard InChI is InChI=1S/C12H13N3O/c1-9-4-3-5-12(6-9)15-8-11(13-14-15)7-10(2)16/h3-6,8H,7H2,1-2H3. The Morgan fingerprint density at radius 2 is 2.25 bits per heavy atom. The molecule has 2 aromatic rings. The summed E-state index contributed by atoms with van der Waals surface area (Å²) in [6.45, 7) is 3.57. The first kappa shape index (κ1) is 10.5. The molecule has 0 aliphatic heterocycles. The van der Waals surface area contributed by atoms with Crippen LogP contribution in [0.25, 0.3) is 5.69 Å². The lowest BCUT2D eigenvalue weighted by Gasteiger charge is -2.00. The molecule has 4 nitrogen and oxygen atoms in total. The van der Waals surface area contributed by atoms with Crippen molar-refractivity contribution in [1.82, 2.24) is 15.0 Å². The van der Waals surface area contributed by atoms with Crippen LogP contribution in [0.2, 0.25) is 0 Å². The van der Waals surface area contributed by atoms with Crippen LogP contribution in [0, 0.1) is 6.92 Å². The van der Waals surface area contributed by atoms with Gasteiger partial charge in [-0.3, -0.25) is 4.79 Å². The maximum Gasteiger partial charge on any atom is 0.135 e. The van der Waals surface area contributed by atoms with Gasteiger partial charge in [0.1, 0.15) is 5.78 Å². The second-order valence-corrected chi connectivity index (χ2v) is 3.87. The molecule has 0 bridgehead atoms. The number of aryl methyl sites for hydroxylation is 1. The zero-order chi connectivity index (χ0) is 11.5. The highest BCUT2D eigenvalue weighted by Crippen LogP contribution is 2.09. The van der Waals surface area contributed by atoms with E-state index in [1.807, 2.05) is 31.2 Å². The summed E-state index contributed by atoms with van der Waals surface area (Å²) in [5.74, 6) is 0.0938. The molecule has 0 saturated carbocycles. The molecule has 1 heterocycles. The molecule has 0 aliphatic carbocycles. The van der Waals surface area contributed by atoms with Crippen LogP contribution in [0.4, 0.5) is 0 Å². The summed E-state index contributed by atoms with van der Waals surface area (Å²) in [6.07, 6.45) is 2.13. The van der Waals surface area contributed by atoms with Gasteiger partial charge >= 0.3 is 0 Å². The lowest BCUT2D eigenvalue weighted by atomic mass is 10.2. The SMILES string of the molecule is CC(=O)Cc1cn(-c2cccc(C)c2)nn1. The molecule has 82 valence electrons. The third-order valence-electron chi connectivity index (χ3n) is 2.24. The maximum atomic E-state index is 10.9. The Labute approximate surface area is 93.9 Å². The molecule has 0 spiro atoms. The smallest absolute Gasteiger partial charge is 0.135 e. The Balaban J connectivity index is 2.28. The van der Waals surface area contributed by atoms with E-state index in [2.05, 4.69) is 10.3 Å². The number of hydrogen-bond acceptors (Lipinski definition) is 3. The molecule has 0 N–H and O–H groups in total. The first-order chi connectivity index (χ1) is 7.65. The third kappa shape index (κ3) is 2.34. The fourth-order valence-electron chi connectivity index (χ4n) is 1.53. The van der Waals surface area contributed by atoms with Crippen LogP contribution >= 0.6 is 0 Å². The molecule has 0 saturated heterocycles. The molecule has 0 fully saturated rings. The van der Waals surface area contributed by atoms with Crippen LogP contribution in [0.1, 0.15) is 18.2 Å². The van der Waals surface area contributed by atoms with Crippen molar-refractivity contribution in [2.45, 2.75) is 20.3 Å². The van der Waals surface area contributed by atoms with E-state index in [-0.39, 0.29) is 5.78 Å². The lowest BCUT2D eigenvalue weighted by Crippen LogP contribution is -1.96. The van der Waals surface area contributed by atoms with E-state index >= 15 is 0 Å². The molecule has 0 amide bonds. The molecule has 4 heteroatoms. The zero-order valence-electron chi connectivity index (χ0n) is 9.34. The monoisotopic (exact) mass is 215 g/mol. The molecular weight excluding hydrogens is 202 g/mol. The number of aromatic nitrogens is 3. The van der Waals surface area contributed by atoms with Crippen LogP contribution < -0.4 is 0 Å². The van der Waals surface area contributed by atoms with E-state index < -0.39 is 0 Å². The topological polar surface area (TPSA) is 47.8 Å². The molecular formula is C12H13N3O. The average Bonchev–Trinajstić information content (AvgIpc) is 2.65. The summed E-state index contributed by atoms with van der Waals surface area (Å²) in [5, 5.41) is 7.95. The Morgan fingerprint density at radius 1 is 1.44 bits per heavy atom. The maximum absolute atomic E-state index is 10.9. The van der Waals surface area contributed by atoms with E-state index in [4.69, 9.17) is 0 Å². The molecule has 16 heavy (non-hydrogen) atoms. The van der Waals surface area contributed by atoms with Crippen LogP contribution in [-0.2, 0) is 11.2 Å². The number of hydrogen-bond donors (Lipinski definition) is 0. The van der Waals surface area contributed by atoms with Gasteiger partial charge in [-0.05, 0) is 31.5 Å². The summed E-state index contributed by atoms with van der Waals surface area (Å²) < 4.78 is 1.69. The highest BCUT2D eigenvalue weighted by atomic mass is 16.1. The third-order valence-corrected chi connectivity index (χ3v) is 2.24. The quantitative estimate of drug-likeness (QED) is 0.783. The summed E-state index contributed by atoms with van der Waals surface area (Å²) in [5.41, 5.74) is 2.83. The van der Waals surface area contributed by atoms with E-state index in [9.17, 15) is 4.79 Å². The predicted molar refractivity (Wildman–Crippen MR) is 60.5 cm³/mol. The van der Waals surface area contributed by atoms with Crippen LogP contribution in [0.15, 0.2) is 30.5 Å². The molecule has 0 aliphatic rings. The van der Waals surface area contributed by atoms with Gasteiger partial charge in [0.2, 0.25) is 0 Å². The summed E-state index contributed by atoms with van der Waals surface area (Å²) in [7, 11) is 0. The zero-order valence-corrected chi connectivity index (χ0v) is 9.34. The highest BCUT2D eigenvalue weighted by Gasteiger charge is 2.04. The van der Waals surface area contributed by atoms with Crippen LogP contribution in [-0.4, -0.2) is 20.8 Å². The van der Waals surface area contributed by atoms with Crippen molar-refractivity contribution in [3.05, 3.63) is 41.7 Å². The number of ketones is 1. The van der Waals surface area contributed by atoms with Gasteiger partial charge in [0.15, 0.2) is 0 Å². The van der Waals surface area contributed by atoms with Crippen molar-refractivity contribution in [1.29, 1.82) is 0 Å². The van der Waals surface area contributed by atoms with Gasteiger partial charge in [0, 0.05) is 0 Å². The van der Waals surface area contributed by atoms with Crippen LogP contribution in [0.5, 0.6) is 0 Å². The Bertz CT molecular complexity index is 516. The van der Waals surface area contributed by atoms with Gasteiger partial charge in [0.25, 0.3) is 0 Å². The number of Topliss-reactive ketones (excluding diaryl/α,β-unsaturated/α-hetero) is 1. The largest absolute Gasteiger partial charge is 0.300 e. The predicted octanol–water partition coefficient (Wildman–Crippen LogP) is 1.71. The minimum absolute atomic E-state index is 0.0938. The Kier molecular flexibility index (Phi) is 2.81. The Morgan fingerprint density at radius 3 is 2.94 bits per heavy atom. The van der Waals surface area contributed by atoms with E-state index in [0.717, 1.165) is 5.69 Å². The minimum Gasteiger partial charge on any atom is -0.300 e. The van der Waals surface area contributed by atoms with Gasteiger partial charge < -0.3 is 0 Å². The van der Waals surface area contributed by atoms with Crippen molar-refractivity contribution in [2.75, 3.05) is 0 Å². The minimum atomic E-state index is 0.0938. The van der Waals surface area contributed by atoms with Gasteiger partial charge in [-0.2, -0.15) is 0 Å². The average molecular weight is 215 g/mol. The first-order valence-corrected chi connectivity index (χ1v) is 5.13. The fraction of sp³-hybridized carbons (Fsp3) is 0.250. The number of benzene rings is 1. The number of rotatable bonds is 3. The number of nitrogens with zero attached hydrogens (tertiary/aromatic N) is 3. The second-order valence-electron chi connectivity index (χ2n) is 3.87. The van der Waals surface area contributed by atoms with Gasteiger partial charge in [-0.1, -0.05) is 17.3 Å². The summed E-state index contributed by atoms with van der Waals surface area (Å²) in [6, 6.07) is 7.97. The lowest BCUT2D eigenvalue weighted by molar-refractivity contribution is -0.116. The molecule has 0 unspecified atom stereocenters. The van der Waals surface area contributed by atoms with E-state index in [1.54, 1.807) is 17.8 Å². The normalized spacial score (nSPS) is 10.4. The van der Waals surface area contributed by atoms with E-state index in [1.165, 1.54) is 5.56 Å². The van der Waals surface area contributed by atoms with Crippen molar-refractivity contribution in [3.63, 3.8) is 0 Å². The van der Waals surface area contributed by atoms with Crippen molar-refractivity contribution < 1.29 is 4.79 Å². The van der Waals surface area contributed by atoms with Gasteiger partial charge in [-0.15, -0.1) is 5.10 Å². The number of carbonyl (C=O) groups is 1. The first-order valence-electron chi connectivity index (χ1n) is 5.13.